The fraction of sp³-hybridized carbons (Fsp3) is 0.417. The molecule has 8 heteroatoms. The Labute approximate surface area is 189 Å². The van der Waals surface area contributed by atoms with Gasteiger partial charge >= 0.3 is 5.97 Å². The molecule has 1 atom stereocenters. The van der Waals surface area contributed by atoms with Crippen molar-refractivity contribution in [1.29, 1.82) is 0 Å². The molecular weight excluding hydrogens is 428 g/mol. The van der Waals surface area contributed by atoms with Crippen molar-refractivity contribution in [3.8, 4) is 0 Å². The molecule has 2 aromatic carbocycles. The van der Waals surface area contributed by atoms with Gasteiger partial charge in [0.2, 0.25) is 10.0 Å². The molecule has 3 rings (SSSR count). The Hall–Kier alpha value is -2.71. The zero-order valence-electron chi connectivity index (χ0n) is 18.5. The van der Waals surface area contributed by atoms with Crippen LogP contribution in [0.15, 0.2) is 53.4 Å². The standard InChI is InChI=1S/C24H30N2O5S/c1-18-6-8-21(9-7-18)17-25-24(28)19(2)31-23(27)16-20-10-12-22(13-11-20)32(29,30)26-14-4-3-5-15-26/h6-13,19H,3-5,14-17H2,1-2H3,(H,25,28). The summed E-state index contributed by atoms with van der Waals surface area (Å²) >= 11 is 0. The monoisotopic (exact) mass is 458 g/mol. The van der Waals surface area contributed by atoms with Gasteiger partial charge in [0.05, 0.1) is 11.3 Å². The number of hydrogen-bond acceptors (Lipinski definition) is 5. The maximum Gasteiger partial charge on any atom is 0.311 e. The highest BCUT2D eigenvalue weighted by Crippen LogP contribution is 2.21. The second kappa shape index (κ2) is 10.7. The predicted molar refractivity (Wildman–Crippen MR) is 121 cm³/mol. The van der Waals surface area contributed by atoms with Gasteiger partial charge in [-0.3, -0.25) is 9.59 Å². The number of ether oxygens (including phenoxy) is 1. The lowest BCUT2D eigenvalue weighted by Gasteiger charge is -2.25. The summed E-state index contributed by atoms with van der Waals surface area (Å²) in [7, 11) is -3.50. The van der Waals surface area contributed by atoms with Gasteiger partial charge in [-0.15, -0.1) is 0 Å². The summed E-state index contributed by atoms with van der Waals surface area (Å²) in [6, 6.07) is 14.1. The van der Waals surface area contributed by atoms with Crippen molar-refractivity contribution < 1.29 is 22.7 Å². The van der Waals surface area contributed by atoms with E-state index in [9.17, 15) is 18.0 Å². The van der Waals surface area contributed by atoms with Gasteiger partial charge in [0.25, 0.3) is 5.91 Å². The largest absolute Gasteiger partial charge is 0.452 e. The summed E-state index contributed by atoms with van der Waals surface area (Å²) in [5, 5.41) is 2.76. The summed E-state index contributed by atoms with van der Waals surface area (Å²) < 4.78 is 32.2. The maximum absolute atomic E-state index is 12.7. The van der Waals surface area contributed by atoms with Crippen LogP contribution in [0.3, 0.4) is 0 Å². The molecule has 172 valence electrons. The highest BCUT2D eigenvalue weighted by molar-refractivity contribution is 7.89. The number of piperidine rings is 1. The number of nitrogens with zero attached hydrogens (tertiary/aromatic N) is 1. The van der Waals surface area contributed by atoms with Crippen LogP contribution in [-0.4, -0.2) is 43.8 Å². The smallest absolute Gasteiger partial charge is 0.311 e. The van der Waals surface area contributed by atoms with Crippen LogP contribution >= 0.6 is 0 Å². The van der Waals surface area contributed by atoms with E-state index in [1.165, 1.54) is 23.4 Å². The number of benzene rings is 2. The van der Waals surface area contributed by atoms with Gasteiger partial charge < -0.3 is 10.1 Å². The molecule has 0 spiro atoms. The lowest BCUT2D eigenvalue weighted by atomic mass is 10.1. The molecule has 0 bridgehead atoms. The predicted octanol–water partition coefficient (Wildman–Crippen LogP) is 2.96. The van der Waals surface area contributed by atoms with Crippen LogP contribution < -0.4 is 5.32 Å². The number of rotatable bonds is 8. The van der Waals surface area contributed by atoms with E-state index in [0.717, 1.165) is 30.4 Å². The summed E-state index contributed by atoms with van der Waals surface area (Å²) in [5.74, 6) is -0.920. The molecule has 1 N–H and O–H groups in total. The number of nitrogens with one attached hydrogen (secondary N) is 1. The van der Waals surface area contributed by atoms with Crippen LogP contribution in [0.1, 0.15) is 42.9 Å². The normalized spacial score (nSPS) is 15.7. The van der Waals surface area contributed by atoms with Crippen LogP contribution in [0.4, 0.5) is 0 Å². The van der Waals surface area contributed by atoms with Gasteiger partial charge in [-0.05, 0) is 49.9 Å². The molecule has 0 radical (unpaired) electrons. The van der Waals surface area contributed by atoms with Gasteiger partial charge in [-0.1, -0.05) is 48.4 Å². The van der Waals surface area contributed by atoms with E-state index in [1.807, 2.05) is 31.2 Å². The number of amides is 1. The number of carbonyl (C=O) groups is 2. The quantitative estimate of drug-likeness (QED) is 0.614. The molecule has 2 aromatic rings. The van der Waals surface area contributed by atoms with Crippen molar-refractivity contribution in [2.24, 2.45) is 0 Å². The van der Waals surface area contributed by atoms with Crippen LogP contribution in [0.2, 0.25) is 0 Å². The molecule has 1 aliphatic heterocycles. The molecule has 0 aliphatic carbocycles. The van der Waals surface area contributed by atoms with Crippen molar-refractivity contribution in [2.45, 2.75) is 57.1 Å². The van der Waals surface area contributed by atoms with Crippen molar-refractivity contribution in [2.75, 3.05) is 13.1 Å². The summed E-state index contributed by atoms with van der Waals surface area (Å²) in [6.45, 7) is 4.95. The van der Waals surface area contributed by atoms with E-state index in [0.29, 0.717) is 25.2 Å². The molecule has 1 unspecified atom stereocenters. The van der Waals surface area contributed by atoms with Crippen LogP contribution in [-0.2, 0) is 37.3 Å². The average molecular weight is 459 g/mol. The Morgan fingerprint density at radius 1 is 0.969 bits per heavy atom. The van der Waals surface area contributed by atoms with Gasteiger partial charge in [-0.2, -0.15) is 4.31 Å². The Morgan fingerprint density at radius 2 is 1.56 bits per heavy atom. The average Bonchev–Trinajstić information content (AvgIpc) is 2.79. The lowest BCUT2D eigenvalue weighted by Crippen LogP contribution is -2.36. The minimum absolute atomic E-state index is 0.0420. The lowest BCUT2D eigenvalue weighted by molar-refractivity contribution is -0.154. The van der Waals surface area contributed by atoms with Gasteiger partial charge in [-0.25, -0.2) is 8.42 Å². The number of esters is 1. The Bertz CT molecular complexity index is 1030. The van der Waals surface area contributed by atoms with Crippen LogP contribution in [0.5, 0.6) is 0 Å². The number of carbonyl (C=O) groups excluding carboxylic acids is 2. The van der Waals surface area contributed by atoms with E-state index >= 15 is 0 Å². The Morgan fingerprint density at radius 3 is 2.19 bits per heavy atom. The third kappa shape index (κ3) is 6.40. The molecule has 1 amide bonds. The molecule has 1 saturated heterocycles. The minimum atomic E-state index is -3.50. The van der Waals surface area contributed by atoms with Gasteiger partial charge in [0.15, 0.2) is 6.10 Å². The van der Waals surface area contributed by atoms with Crippen molar-refractivity contribution in [3.63, 3.8) is 0 Å². The molecule has 1 fully saturated rings. The molecule has 0 saturated carbocycles. The highest BCUT2D eigenvalue weighted by atomic mass is 32.2. The SMILES string of the molecule is Cc1ccc(CNC(=O)C(C)OC(=O)Cc2ccc(S(=O)(=O)N3CCCCC3)cc2)cc1. The van der Waals surface area contributed by atoms with E-state index < -0.39 is 22.1 Å². The van der Waals surface area contributed by atoms with Crippen molar-refractivity contribution in [1.82, 2.24) is 9.62 Å². The van der Waals surface area contributed by atoms with Gasteiger partial charge in [0, 0.05) is 19.6 Å². The van der Waals surface area contributed by atoms with Crippen LogP contribution in [0, 0.1) is 6.92 Å². The number of sulfonamides is 1. The van der Waals surface area contributed by atoms with Crippen molar-refractivity contribution in [3.05, 3.63) is 65.2 Å². The van der Waals surface area contributed by atoms with E-state index in [2.05, 4.69) is 5.32 Å². The number of aryl methyl sites for hydroxylation is 1. The van der Waals surface area contributed by atoms with E-state index in [-0.39, 0.29) is 17.2 Å². The first-order valence-electron chi connectivity index (χ1n) is 10.9. The third-order valence-electron chi connectivity index (χ3n) is 5.49. The summed E-state index contributed by atoms with van der Waals surface area (Å²) in [5.41, 5.74) is 2.72. The Balaban J connectivity index is 1.49. The number of hydrogen-bond donors (Lipinski definition) is 1. The second-order valence-corrected chi connectivity index (χ2v) is 10.1. The summed E-state index contributed by atoms with van der Waals surface area (Å²) in [4.78, 5) is 24.7. The molecular formula is C24H30N2O5S. The van der Waals surface area contributed by atoms with E-state index in [4.69, 9.17) is 4.74 Å². The highest BCUT2D eigenvalue weighted by Gasteiger charge is 2.26. The first kappa shape index (κ1) is 23.9. The zero-order chi connectivity index (χ0) is 23.1. The summed E-state index contributed by atoms with van der Waals surface area (Å²) in [6.07, 6.45) is 1.83. The van der Waals surface area contributed by atoms with E-state index in [1.54, 1.807) is 12.1 Å². The molecule has 7 nitrogen and oxygen atoms in total. The third-order valence-corrected chi connectivity index (χ3v) is 7.40. The zero-order valence-corrected chi connectivity index (χ0v) is 19.4. The first-order chi connectivity index (χ1) is 15.3. The van der Waals surface area contributed by atoms with Gasteiger partial charge in [0.1, 0.15) is 0 Å². The Kier molecular flexibility index (Phi) is 8.04. The second-order valence-electron chi connectivity index (χ2n) is 8.12. The minimum Gasteiger partial charge on any atom is -0.452 e. The van der Waals surface area contributed by atoms with Crippen LogP contribution in [0.25, 0.3) is 0 Å². The molecule has 1 aliphatic rings. The molecule has 0 aromatic heterocycles. The molecule has 32 heavy (non-hydrogen) atoms. The molecule has 1 heterocycles. The fourth-order valence-corrected chi connectivity index (χ4v) is 5.05. The maximum atomic E-state index is 12.7. The fourth-order valence-electron chi connectivity index (χ4n) is 3.53. The van der Waals surface area contributed by atoms with Crippen molar-refractivity contribution >= 4 is 21.9 Å². The topological polar surface area (TPSA) is 92.8 Å². The first-order valence-corrected chi connectivity index (χ1v) is 12.3.